The standard InChI is InChI=1S/C27H21FN4O2/c1-16-8-6-12-21(27(33)34)24(16)30-26-23(17(2)31-32(26)20-10-4-3-5-11-20)19-14-18-9-7-13-29-25(18)22(28)15-19/h3-15,30H,1-2H3,(H,33,34). The van der Waals surface area contributed by atoms with Crippen molar-refractivity contribution >= 4 is 28.4 Å². The maximum atomic E-state index is 15.0. The average Bonchev–Trinajstić information content (AvgIpc) is 3.16. The molecule has 0 bridgehead atoms. The highest BCUT2D eigenvalue weighted by atomic mass is 19.1. The second kappa shape index (κ2) is 8.44. The van der Waals surface area contributed by atoms with Gasteiger partial charge in [0.1, 0.15) is 17.2 Å². The molecule has 2 aromatic heterocycles. The molecular weight excluding hydrogens is 431 g/mol. The second-order valence-corrected chi connectivity index (χ2v) is 8.02. The molecule has 3 aromatic carbocycles. The molecular formula is C27H21FN4O2. The lowest BCUT2D eigenvalue weighted by atomic mass is 10.0. The largest absolute Gasteiger partial charge is 0.478 e. The molecule has 0 aliphatic carbocycles. The summed E-state index contributed by atoms with van der Waals surface area (Å²) in [6.07, 6.45) is 1.56. The van der Waals surface area contributed by atoms with E-state index < -0.39 is 11.8 Å². The summed E-state index contributed by atoms with van der Waals surface area (Å²) in [7, 11) is 0. The first-order valence-electron chi connectivity index (χ1n) is 10.7. The Balaban J connectivity index is 1.78. The molecule has 0 aliphatic heterocycles. The Labute approximate surface area is 195 Å². The molecule has 6 nitrogen and oxygen atoms in total. The van der Waals surface area contributed by atoms with Crippen LogP contribution in [-0.4, -0.2) is 25.8 Å². The molecule has 5 rings (SSSR count). The van der Waals surface area contributed by atoms with Crippen molar-refractivity contribution in [2.45, 2.75) is 13.8 Å². The third kappa shape index (κ3) is 3.67. The highest BCUT2D eigenvalue weighted by Crippen LogP contribution is 2.38. The lowest BCUT2D eigenvalue weighted by molar-refractivity contribution is 0.0698. The molecule has 2 N–H and O–H groups in total. The summed E-state index contributed by atoms with van der Waals surface area (Å²) in [6, 6.07) is 21.5. The van der Waals surface area contributed by atoms with Gasteiger partial charge in [0, 0.05) is 17.1 Å². The third-order valence-corrected chi connectivity index (χ3v) is 5.75. The van der Waals surface area contributed by atoms with Crippen LogP contribution in [0.1, 0.15) is 21.6 Å². The van der Waals surface area contributed by atoms with Crippen molar-refractivity contribution in [3.8, 4) is 16.8 Å². The number of carboxylic acids is 1. The summed E-state index contributed by atoms with van der Waals surface area (Å²) >= 11 is 0. The predicted octanol–water partition coefficient (Wildman–Crippen LogP) is 6.29. The molecule has 0 atom stereocenters. The number of anilines is 2. The van der Waals surface area contributed by atoms with Crippen LogP contribution in [0, 0.1) is 19.7 Å². The number of fused-ring (bicyclic) bond motifs is 1. The van der Waals surface area contributed by atoms with Gasteiger partial charge in [0.15, 0.2) is 0 Å². The number of aryl methyl sites for hydroxylation is 2. The number of hydrogen-bond donors (Lipinski definition) is 2. The Bertz CT molecular complexity index is 1540. The summed E-state index contributed by atoms with van der Waals surface area (Å²) in [6.45, 7) is 3.69. The maximum absolute atomic E-state index is 15.0. The number of aromatic nitrogens is 3. The Kier molecular flexibility index (Phi) is 5.30. The number of hydrogen-bond acceptors (Lipinski definition) is 4. The van der Waals surface area contributed by atoms with Crippen molar-refractivity contribution in [2.75, 3.05) is 5.32 Å². The molecule has 34 heavy (non-hydrogen) atoms. The van der Waals surface area contributed by atoms with E-state index in [9.17, 15) is 14.3 Å². The number of benzene rings is 3. The number of rotatable bonds is 5. The van der Waals surface area contributed by atoms with Crippen molar-refractivity contribution in [1.82, 2.24) is 14.8 Å². The molecule has 7 heteroatoms. The number of nitrogens with zero attached hydrogens (tertiary/aromatic N) is 3. The smallest absolute Gasteiger partial charge is 0.337 e. The van der Waals surface area contributed by atoms with Crippen molar-refractivity contribution < 1.29 is 14.3 Å². The quantitative estimate of drug-likeness (QED) is 0.328. The monoisotopic (exact) mass is 452 g/mol. The van der Waals surface area contributed by atoms with Gasteiger partial charge in [-0.25, -0.2) is 13.9 Å². The molecule has 168 valence electrons. The van der Waals surface area contributed by atoms with Crippen molar-refractivity contribution in [2.24, 2.45) is 0 Å². The van der Waals surface area contributed by atoms with Crippen molar-refractivity contribution in [3.63, 3.8) is 0 Å². The highest BCUT2D eigenvalue weighted by molar-refractivity contribution is 5.97. The molecule has 0 aliphatic rings. The van der Waals surface area contributed by atoms with Gasteiger partial charge in [0.25, 0.3) is 0 Å². The molecule has 0 unspecified atom stereocenters. The molecule has 0 amide bonds. The number of nitrogens with one attached hydrogen (secondary N) is 1. The van der Waals surface area contributed by atoms with E-state index in [0.29, 0.717) is 39.2 Å². The second-order valence-electron chi connectivity index (χ2n) is 8.02. The topological polar surface area (TPSA) is 80.0 Å². The van der Waals surface area contributed by atoms with Gasteiger partial charge in [0.2, 0.25) is 0 Å². The minimum Gasteiger partial charge on any atom is -0.478 e. The molecule has 0 radical (unpaired) electrons. The van der Waals surface area contributed by atoms with Gasteiger partial charge in [-0.2, -0.15) is 5.10 Å². The van der Waals surface area contributed by atoms with Crippen LogP contribution >= 0.6 is 0 Å². The minimum atomic E-state index is -1.04. The van der Waals surface area contributed by atoms with E-state index in [-0.39, 0.29) is 5.56 Å². The molecule has 0 saturated carbocycles. The average molecular weight is 452 g/mol. The van der Waals surface area contributed by atoms with Crippen molar-refractivity contribution in [3.05, 3.63) is 102 Å². The summed E-state index contributed by atoms with van der Waals surface area (Å²) in [5.74, 6) is -0.936. The molecule has 0 fully saturated rings. The van der Waals surface area contributed by atoms with Crippen LogP contribution in [0.2, 0.25) is 0 Å². The van der Waals surface area contributed by atoms with Gasteiger partial charge in [-0.3, -0.25) is 4.98 Å². The van der Waals surface area contributed by atoms with Crippen LogP contribution in [0.25, 0.3) is 27.7 Å². The highest BCUT2D eigenvalue weighted by Gasteiger charge is 2.22. The summed E-state index contributed by atoms with van der Waals surface area (Å²) in [4.78, 5) is 16.1. The van der Waals surface area contributed by atoms with Crippen LogP contribution in [0.3, 0.4) is 0 Å². The zero-order valence-electron chi connectivity index (χ0n) is 18.6. The maximum Gasteiger partial charge on any atom is 0.337 e. The van der Waals surface area contributed by atoms with Crippen LogP contribution in [-0.2, 0) is 0 Å². The fourth-order valence-corrected chi connectivity index (χ4v) is 4.17. The number of para-hydroxylation sites is 2. The number of aromatic carboxylic acids is 1. The molecule has 2 heterocycles. The third-order valence-electron chi connectivity index (χ3n) is 5.75. The lowest BCUT2D eigenvalue weighted by Crippen LogP contribution is -2.08. The van der Waals surface area contributed by atoms with E-state index in [1.165, 1.54) is 6.07 Å². The Morgan fingerprint density at radius 1 is 1.00 bits per heavy atom. The van der Waals surface area contributed by atoms with Gasteiger partial charge >= 0.3 is 5.97 Å². The zero-order valence-corrected chi connectivity index (χ0v) is 18.6. The fraction of sp³-hybridized carbons (Fsp3) is 0.0741. The van der Waals surface area contributed by atoms with Gasteiger partial charge in [-0.1, -0.05) is 36.4 Å². The fourth-order valence-electron chi connectivity index (χ4n) is 4.17. The Morgan fingerprint density at radius 3 is 2.56 bits per heavy atom. The Hall–Kier alpha value is -4.52. The first-order chi connectivity index (χ1) is 16.4. The van der Waals surface area contributed by atoms with Crippen LogP contribution in [0.4, 0.5) is 15.9 Å². The SMILES string of the molecule is Cc1cccc(C(=O)O)c1Nc1c(-c2cc(F)c3ncccc3c2)c(C)nn1-c1ccccc1. The van der Waals surface area contributed by atoms with E-state index in [0.717, 1.165) is 11.3 Å². The minimum absolute atomic E-state index is 0.137. The van der Waals surface area contributed by atoms with Crippen LogP contribution < -0.4 is 5.32 Å². The molecule has 0 saturated heterocycles. The number of pyridine rings is 1. The number of halogens is 1. The van der Waals surface area contributed by atoms with E-state index in [1.54, 1.807) is 29.1 Å². The predicted molar refractivity (Wildman–Crippen MR) is 130 cm³/mol. The zero-order chi connectivity index (χ0) is 23.8. The first-order valence-corrected chi connectivity index (χ1v) is 10.7. The first kappa shape index (κ1) is 21.3. The summed E-state index contributed by atoms with van der Waals surface area (Å²) in [5.41, 5.74) is 4.39. The van der Waals surface area contributed by atoms with Gasteiger partial charge in [-0.05, 0) is 61.4 Å². The van der Waals surface area contributed by atoms with Crippen LogP contribution in [0.15, 0.2) is 79.0 Å². The van der Waals surface area contributed by atoms with E-state index >= 15 is 0 Å². The van der Waals surface area contributed by atoms with Crippen LogP contribution in [0.5, 0.6) is 0 Å². The van der Waals surface area contributed by atoms with Gasteiger partial charge in [0.05, 0.1) is 22.6 Å². The molecule has 0 spiro atoms. The summed E-state index contributed by atoms with van der Waals surface area (Å²) in [5, 5.41) is 18.5. The number of carbonyl (C=O) groups is 1. The molecule has 5 aromatic rings. The number of carboxylic acid groups (broad SMARTS) is 1. The normalized spacial score (nSPS) is 11.0. The van der Waals surface area contributed by atoms with Gasteiger partial charge < -0.3 is 10.4 Å². The Morgan fingerprint density at radius 2 is 1.79 bits per heavy atom. The van der Waals surface area contributed by atoms with E-state index in [2.05, 4.69) is 10.3 Å². The summed E-state index contributed by atoms with van der Waals surface area (Å²) < 4.78 is 16.7. The lowest BCUT2D eigenvalue weighted by Gasteiger charge is -2.16. The van der Waals surface area contributed by atoms with Gasteiger partial charge in [-0.15, -0.1) is 0 Å². The van der Waals surface area contributed by atoms with E-state index in [4.69, 9.17) is 5.10 Å². The van der Waals surface area contributed by atoms with Crippen molar-refractivity contribution in [1.29, 1.82) is 0 Å². The van der Waals surface area contributed by atoms with E-state index in [1.807, 2.05) is 62.4 Å².